The van der Waals surface area contributed by atoms with Gasteiger partial charge in [-0.25, -0.2) is 4.98 Å². The Morgan fingerprint density at radius 2 is 1.89 bits per heavy atom. The minimum absolute atomic E-state index is 0.476. The highest BCUT2D eigenvalue weighted by Gasteiger charge is 2.07. The van der Waals surface area contributed by atoms with Crippen molar-refractivity contribution < 1.29 is 4.74 Å². The average molecular weight is 278 g/mol. The van der Waals surface area contributed by atoms with Crippen LogP contribution in [0.15, 0.2) is 30.5 Å². The molecule has 0 atom stereocenters. The highest BCUT2D eigenvalue weighted by atomic mass is 35.5. The van der Waals surface area contributed by atoms with E-state index in [1.165, 1.54) is 19.3 Å². The molecule has 1 heterocycles. The van der Waals surface area contributed by atoms with E-state index in [9.17, 15) is 0 Å². The van der Waals surface area contributed by atoms with Gasteiger partial charge in [0, 0.05) is 17.5 Å². The Kier molecular flexibility index (Phi) is 5.46. The van der Waals surface area contributed by atoms with E-state index in [1.807, 2.05) is 24.4 Å². The van der Waals surface area contributed by atoms with E-state index < -0.39 is 0 Å². The van der Waals surface area contributed by atoms with Gasteiger partial charge in [-0.15, -0.1) is 11.6 Å². The first-order chi connectivity index (χ1) is 9.36. The van der Waals surface area contributed by atoms with Crippen LogP contribution in [0.25, 0.3) is 10.8 Å². The van der Waals surface area contributed by atoms with Gasteiger partial charge in [0.1, 0.15) is 0 Å². The van der Waals surface area contributed by atoms with Crippen LogP contribution in [0.4, 0.5) is 0 Å². The van der Waals surface area contributed by atoms with Crippen molar-refractivity contribution in [2.24, 2.45) is 0 Å². The maximum Gasteiger partial charge on any atom is 0.221 e. The molecule has 0 N–H and O–H groups in total. The summed E-state index contributed by atoms with van der Waals surface area (Å²) in [5, 5.41) is 2.19. The Hall–Kier alpha value is -1.28. The summed E-state index contributed by atoms with van der Waals surface area (Å²) in [6, 6.07) is 8.13. The molecule has 1 aromatic carbocycles. The zero-order valence-corrected chi connectivity index (χ0v) is 12.1. The zero-order chi connectivity index (χ0) is 13.5. The molecule has 0 bridgehead atoms. The standard InChI is InChI=1S/C16H20ClNO/c1-2-3-4-7-10-19-16-15-9-6-5-8-14(15)13(11-17)12-18-16/h5-6,8-9,12H,2-4,7,10-11H2,1H3. The number of aromatic nitrogens is 1. The molecular formula is C16H20ClNO. The molecule has 0 amide bonds. The molecule has 2 aromatic rings. The minimum atomic E-state index is 0.476. The van der Waals surface area contributed by atoms with Gasteiger partial charge in [-0.05, 0) is 23.4 Å². The largest absolute Gasteiger partial charge is 0.477 e. The predicted octanol–water partition coefficient (Wildman–Crippen LogP) is 4.93. The number of pyridine rings is 1. The monoisotopic (exact) mass is 277 g/mol. The second kappa shape index (κ2) is 7.34. The highest BCUT2D eigenvalue weighted by Crippen LogP contribution is 2.27. The predicted molar refractivity (Wildman–Crippen MR) is 80.9 cm³/mol. The number of unbranched alkanes of at least 4 members (excludes halogenated alkanes) is 3. The number of nitrogens with zero attached hydrogens (tertiary/aromatic N) is 1. The van der Waals surface area contributed by atoms with Crippen molar-refractivity contribution in [3.8, 4) is 5.88 Å². The van der Waals surface area contributed by atoms with Crippen LogP contribution in [0, 0.1) is 0 Å². The number of ether oxygens (including phenoxy) is 1. The molecule has 2 nitrogen and oxygen atoms in total. The molecule has 0 aliphatic rings. The molecule has 0 saturated carbocycles. The van der Waals surface area contributed by atoms with Crippen LogP contribution < -0.4 is 4.74 Å². The number of hydrogen-bond donors (Lipinski definition) is 0. The van der Waals surface area contributed by atoms with Crippen LogP contribution in [0.3, 0.4) is 0 Å². The van der Waals surface area contributed by atoms with Gasteiger partial charge >= 0.3 is 0 Å². The molecule has 2 rings (SSSR count). The van der Waals surface area contributed by atoms with Gasteiger partial charge in [-0.2, -0.15) is 0 Å². The summed E-state index contributed by atoms with van der Waals surface area (Å²) in [6.07, 6.45) is 6.63. The fourth-order valence-corrected chi connectivity index (χ4v) is 2.36. The summed E-state index contributed by atoms with van der Waals surface area (Å²) in [5.74, 6) is 1.20. The van der Waals surface area contributed by atoms with Gasteiger partial charge in [0.15, 0.2) is 0 Å². The van der Waals surface area contributed by atoms with Crippen LogP contribution in [0.1, 0.15) is 38.2 Å². The first kappa shape index (κ1) is 14.1. The summed E-state index contributed by atoms with van der Waals surface area (Å²) in [5.41, 5.74) is 1.05. The molecule has 1 aromatic heterocycles. The second-order valence-electron chi connectivity index (χ2n) is 4.68. The van der Waals surface area contributed by atoms with Gasteiger partial charge in [0.25, 0.3) is 0 Å². The lowest BCUT2D eigenvalue weighted by molar-refractivity contribution is 0.297. The fraction of sp³-hybridized carbons (Fsp3) is 0.438. The number of halogens is 1. The molecule has 0 aliphatic heterocycles. The van der Waals surface area contributed by atoms with E-state index in [4.69, 9.17) is 16.3 Å². The van der Waals surface area contributed by atoms with Crippen molar-refractivity contribution in [1.29, 1.82) is 0 Å². The normalized spacial score (nSPS) is 10.8. The molecule has 0 unspecified atom stereocenters. The number of rotatable bonds is 7. The zero-order valence-electron chi connectivity index (χ0n) is 11.4. The molecule has 0 radical (unpaired) electrons. The quantitative estimate of drug-likeness (QED) is 0.529. The number of alkyl halides is 1. The van der Waals surface area contributed by atoms with Crippen LogP contribution in [0.5, 0.6) is 5.88 Å². The first-order valence-electron chi connectivity index (χ1n) is 6.92. The smallest absolute Gasteiger partial charge is 0.221 e. The summed E-state index contributed by atoms with van der Waals surface area (Å²) in [4.78, 5) is 4.39. The van der Waals surface area contributed by atoms with Crippen molar-refractivity contribution in [2.45, 2.75) is 38.5 Å². The highest BCUT2D eigenvalue weighted by molar-refractivity contribution is 6.18. The Morgan fingerprint density at radius 3 is 2.63 bits per heavy atom. The molecule has 3 heteroatoms. The molecule has 0 saturated heterocycles. The van der Waals surface area contributed by atoms with Gasteiger partial charge in [0.2, 0.25) is 5.88 Å². The third-order valence-electron chi connectivity index (χ3n) is 3.22. The molecule has 0 spiro atoms. The topological polar surface area (TPSA) is 22.1 Å². The lowest BCUT2D eigenvalue weighted by Crippen LogP contribution is -2.00. The van der Waals surface area contributed by atoms with Gasteiger partial charge < -0.3 is 4.74 Å². The van der Waals surface area contributed by atoms with Gasteiger partial charge in [-0.3, -0.25) is 0 Å². The number of fused-ring (bicyclic) bond motifs is 1. The minimum Gasteiger partial charge on any atom is -0.477 e. The molecule has 102 valence electrons. The second-order valence-corrected chi connectivity index (χ2v) is 4.94. The van der Waals surface area contributed by atoms with Gasteiger partial charge in [-0.1, -0.05) is 44.4 Å². The maximum absolute atomic E-state index is 5.94. The van der Waals surface area contributed by atoms with E-state index >= 15 is 0 Å². The van der Waals surface area contributed by atoms with Crippen molar-refractivity contribution in [1.82, 2.24) is 4.98 Å². The number of hydrogen-bond acceptors (Lipinski definition) is 2. The van der Waals surface area contributed by atoms with Crippen molar-refractivity contribution in [3.63, 3.8) is 0 Å². The van der Waals surface area contributed by atoms with E-state index in [0.717, 1.165) is 35.2 Å². The summed E-state index contributed by atoms with van der Waals surface area (Å²) >= 11 is 5.94. The Bertz CT molecular complexity index is 527. The van der Waals surface area contributed by atoms with Crippen LogP contribution >= 0.6 is 11.6 Å². The average Bonchev–Trinajstić information content (AvgIpc) is 2.47. The van der Waals surface area contributed by atoms with E-state index in [1.54, 1.807) is 0 Å². The van der Waals surface area contributed by atoms with Crippen molar-refractivity contribution in [3.05, 3.63) is 36.0 Å². The summed E-state index contributed by atoms with van der Waals surface area (Å²) in [7, 11) is 0. The molecule has 0 aliphatic carbocycles. The fourth-order valence-electron chi connectivity index (χ4n) is 2.14. The van der Waals surface area contributed by atoms with Crippen LogP contribution in [-0.2, 0) is 5.88 Å². The van der Waals surface area contributed by atoms with Gasteiger partial charge in [0.05, 0.1) is 6.61 Å². The SMILES string of the molecule is CCCCCCOc1ncc(CCl)c2ccccc12. The van der Waals surface area contributed by atoms with Crippen molar-refractivity contribution >= 4 is 22.4 Å². The third-order valence-corrected chi connectivity index (χ3v) is 3.51. The third kappa shape index (κ3) is 3.60. The lowest BCUT2D eigenvalue weighted by atomic mass is 10.1. The summed E-state index contributed by atoms with van der Waals surface area (Å²) < 4.78 is 5.81. The van der Waals surface area contributed by atoms with Crippen LogP contribution in [0.2, 0.25) is 0 Å². The molecular weight excluding hydrogens is 258 g/mol. The first-order valence-corrected chi connectivity index (χ1v) is 7.45. The maximum atomic E-state index is 5.94. The van der Waals surface area contributed by atoms with Crippen molar-refractivity contribution in [2.75, 3.05) is 6.61 Å². The Labute approximate surface area is 119 Å². The number of benzene rings is 1. The Morgan fingerprint density at radius 1 is 1.11 bits per heavy atom. The summed E-state index contributed by atoms with van der Waals surface area (Å²) in [6.45, 7) is 2.94. The van der Waals surface area contributed by atoms with E-state index in [-0.39, 0.29) is 0 Å². The molecule has 0 fully saturated rings. The molecule has 19 heavy (non-hydrogen) atoms. The van der Waals surface area contributed by atoms with Crippen LogP contribution in [-0.4, -0.2) is 11.6 Å². The van der Waals surface area contributed by atoms with E-state index in [2.05, 4.69) is 18.0 Å². The lowest BCUT2D eigenvalue weighted by Gasteiger charge is -2.10. The Balaban J connectivity index is 2.11. The van der Waals surface area contributed by atoms with E-state index in [0.29, 0.717) is 5.88 Å².